The van der Waals surface area contributed by atoms with Gasteiger partial charge >= 0.3 is 6.61 Å². The van der Waals surface area contributed by atoms with Crippen LogP contribution in [0, 0.1) is 0 Å². The Kier molecular flexibility index (Phi) is 4.61. The van der Waals surface area contributed by atoms with Gasteiger partial charge in [-0.2, -0.15) is 8.78 Å². The molecule has 3 aromatic carbocycles. The highest BCUT2D eigenvalue weighted by molar-refractivity contribution is 6.22. The minimum atomic E-state index is -2.88. The number of ether oxygens (including phenoxy) is 1. The number of carbonyl (C=O) groups is 2. The van der Waals surface area contributed by atoms with Gasteiger partial charge in [-0.15, -0.1) is 0 Å². The minimum absolute atomic E-state index is 0.0572. The summed E-state index contributed by atoms with van der Waals surface area (Å²) in [6.07, 6.45) is 0. The van der Waals surface area contributed by atoms with Crippen LogP contribution in [-0.4, -0.2) is 18.3 Å². The number of alkyl halides is 2. The molecular weight excluding hydrogens is 364 g/mol. The van der Waals surface area contributed by atoms with Crippen molar-refractivity contribution in [2.24, 2.45) is 0 Å². The van der Waals surface area contributed by atoms with E-state index in [2.05, 4.69) is 10.1 Å². The molecule has 1 aliphatic rings. The van der Waals surface area contributed by atoms with E-state index in [-0.39, 0.29) is 24.0 Å². The van der Waals surface area contributed by atoms with Crippen molar-refractivity contribution in [1.29, 1.82) is 0 Å². The molecule has 0 unspecified atom stereocenters. The molecule has 3 aromatic rings. The van der Waals surface area contributed by atoms with E-state index < -0.39 is 6.61 Å². The minimum Gasteiger partial charge on any atom is -0.435 e. The molecule has 0 spiro atoms. The molecule has 0 atom stereocenters. The Balaban J connectivity index is 1.46. The highest BCUT2D eigenvalue weighted by atomic mass is 19.3. The lowest BCUT2D eigenvalue weighted by atomic mass is 10.0. The van der Waals surface area contributed by atoms with Crippen LogP contribution in [0.3, 0.4) is 0 Å². The summed E-state index contributed by atoms with van der Waals surface area (Å²) in [4.78, 5) is 25.0. The Hall–Kier alpha value is -3.54. The Bertz CT molecular complexity index is 1060. The average Bonchev–Trinajstić information content (AvgIpc) is 2.99. The number of amides is 1. The normalized spacial score (nSPS) is 11.9. The molecule has 28 heavy (non-hydrogen) atoms. The Morgan fingerprint density at radius 3 is 2.29 bits per heavy atom. The summed E-state index contributed by atoms with van der Waals surface area (Å²) >= 11 is 0. The standard InChI is InChI=1S/C22H15F2NO3/c23-22(24)28-15-8-5-13(6-9-15)12-25-21(27)14-7-10-17-16-3-1-2-4-18(16)20(26)19(17)11-14/h1-11,22H,12H2,(H,25,27). The first-order valence-corrected chi connectivity index (χ1v) is 8.63. The zero-order valence-electron chi connectivity index (χ0n) is 14.6. The van der Waals surface area contributed by atoms with Crippen LogP contribution in [0.5, 0.6) is 5.75 Å². The first-order chi connectivity index (χ1) is 13.5. The van der Waals surface area contributed by atoms with Gasteiger partial charge in [-0.3, -0.25) is 9.59 Å². The number of fused-ring (bicyclic) bond motifs is 3. The maximum Gasteiger partial charge on any atom is 0.387 e. The highest BCUT2D eigenvalue weighted by Gasteiger charge is 2.26. The van der Waals surface area contributed by atoms with Gasteiger partial charge in [-0.05, 0) is 41.0 Å². The van der Waals surface area contributed by atoms with Crippen molar-refractivity contribution in [3.63, 3.8) is 0 Å². The van der Waals surface area contributed by atoms with Gasteiger partial charge in [0.25, 0.3) is 5.91 Å². The van der Waals surface area contributed by atoms with E-state index in [9.17, 15) is 18.4 Å². The molecule has 1 N–H and O–H groups in total. The third-order valence-corrected chi connectivity index (χ3v) is 4.59. The Morgan fingerprint density at radius 1 is 0.893 bits per heavy atom. The summed E-state index contributed by atoms with van der Waals surface area (Å²) in [7, 11) is 0. The van der Waals surface area contributed by atoms with Crippen molar-refractivity contribution < 1.29 is 23.1 Å². The first kappa shape index (κ1) is 17.9. The number of carbonyl (C=O) groups excluding carboxylic acids is 2. The molecule has 0 fully saturated rings. The third kappa shape index (κ3) is 3.36. The van der Waals surface area contributed by atoms with E-state index in [1.54, 1.807) is 36.4 Å². The SMILES string of the molecule is O=C(NCc1ccc(OC(F)F)cc1)c1ccc2c(c1)C(=O)c1ccccc1-2. The van der Waals surface area contributed by atoms with E-state index in [0.717, 1.165) is 16.7 Å². The topological polar surface area (TPSA) is 55.4 Å². The molecule has 0 saturated carbocycles. The van der Waals surface area contributed by atoms with Gasteiger partial charge in [0.05, 0.1) is 0 Å². The van der Waals surface area contributed by atoms with Crippen LogP contribution in [-0.2, 0) is 6.54 Å². The van der Waals surface area contributed by atoms with Crippen molar-refractivity contribution in [3.05, 3.63) is 89.0 Å². The predicted molar refractivity (Wildman–Crippen MR) is 99.6 cm³/mol. The van der Waals surface area contributed by atoms with Crippen LogP contribution < -0.4 is 10.1 Å². The fourth-order valence-corrected chi connectivity index (χ4v) is 3.24. The summed E-state index contributed by atoms with van der Waals surface area (Å²) in [5.41, 5.74) is 3.98. The van der Waals surface area contributed by atoms with Crippen LogP contribution >= 0.6 is 0 Å². The van der Waals surface area contributed by atoms with Gasteiger partial charge < -0.3 is 10.1 Å². The van der Waals surface area contributed by atoms with E-state index in [1.807, 2.05) is 18.2 Å². The average molecular weight is 379 g/mol. The van der Waals surface area contributed by atoms with Gasteiger partial charge in [-0.25, -0.2) is 0 Å². The summed E-state index contributed by atoms with van der Waals surface area (Å²) in [6, 6.07) is 18.5. The lowest BCUT2D eigenvalue weighted by Gasteiger charge is -2.08. The van der Waals surface area contributed by atoms with E-state index in [0.29, 0.717) is 16.7 Å². The lowest BCUT2D eigenvalue weighted by molar-refractivity contribution is -0.0498. The van der Waals surface area contributed by atoms with Crippen LogP contribution in [0.2, 0.25) is 0 Å². The van der Waals surface area contributed by atoms with Gasteiger partial charge in [0, 0.05) is 23.2 Å². The summed E-state index contributed by atoms with van der Waals surface area (Å²) in [5.74, 6) is -0.351. The number of ketones is 1. The molecular formula is C22H15F2NO3. The van der Waals surface area contributed by atoms with Crippen molar-refractivity contribution >= 4 is 11.7 Å². The maximum atomic E-state index is 12.6. The fourth-order valence-electron chi connectivity index (χ4n) is 3.24. The molecule has 0 aromatic heterocycles. The van der Waals surface area contributed by atoms with Gasteiger partial charge in [0.2, 0.25) is 0 Å². The predicted octanol–water partition coefficient (Wildman–Crippen LogP) is 4.43. The van der Waals surface area contributed by atoms with Crippen LogP contribution in [0.25, 0.3) is 11.1 Å². The molecule has 0 aliphatic heterocycles. The number of hydrogen-bond donors (Lipinski definition) is 1. The second kappa shape index (κ2) is 7.23. The number of nitrogens with one attached hydrogen (secondary N) is 1. The van der Waals surface area contributed by atoms with E-state index >= 15 is 0 Å². The molecule has 0 saturated heterocycles. The zero-order valence-corrected chi connectivity index (χ0v) is 14.6. The van der Waals surface area contributed by atoms with Crippen molar-refractivity contribution in [1.82, 2.24) is 5.32 Å². The molecule has 6 heteroatoms. The number of halogens is 2. The summed E-state index contributed by atoms with van der Waals surface area (Å²) < 4.78 is 28.6. The molecule has 0 bridgehead atoms. The summed E-state index contributed by atoms with van der Waals surface area (Å²) in [5, 5.41) is 2.76. The number of hydrogen-bond acceptors (Lipinski definition) is 3. The molecule has 4 nitrogen and oxygen atoms in total. The Morgan fingerprint density at radius 2 is 1.57 bits per heavy atom. The van der Waals surface area contributed by atoms with E-state index in [4.69, 9.17) is 0 Å². The van der Waals surface area contributed by atoms with Gasteiger partial charge in [0.1, 0.15) is 5.75 Å². The van der Waals surface area contributed by atoms with Crippen LogP contribution in [0.15, 0.2) is 66.7 Å². The quantitative estimate of drug-likeness (QED) is 0.558. The second-order valence-corrected chi connectivity index (χ2v) is 6.34. The summed E-state index contributed by atoms with van der Waals surface area (Å²) in [6.45, 7) is -2.65. The lowest BCUT2D eigenvalue weighted by Crippen LogP contribution is -2.23. The van der Waals surface area contributed by atoms with E-state index in [1.165, 1.54) is 12.1 Å². The van der Waals surface area contributed by atoms with Crippen LogP contribution in [0.1, 0.15) is 31.8 Å². The molecule has 0 radical (unpaired) electrons. The van der Waals surface area contributed by atoms with Gasteiger partial charge in [-0.1, -0.05) is 42.5 Å². The number of rotatable bonds is 5. The van der Waals surface area contributed by atoms with Crippen molar-refractivity contribution in [2.45, 2.75) is 13.2 Å². The molecule has 1 aliphatic carbocycles. The van der Waals surface area contributed by atoms with Crippen LogP contribution in [0.4, 0.5) is 8.78 Å². The van der Waals surface area contributed by atoms with Crippen molar-refractivity contribution in [3.8, 4) is 16.9 Å². The third-order valence-electron chi connectivity index (χ3n) is 4.59. The highest BCUT2D eigenvalue weighted by Crippen LogP contribution is 2.36. The first-order valence-electron chi connectivity index (χ1n) is 8.63. The smallest absolute Gasteiger partial charge is 0.387 e. The fraction of sp³-hybridized carbons (Fsp3) is 0.0909. The maximum absolute atomic E-state index is 12.6. The zero-order chi connectivity index (χ0) is 19.7. The molecule has 1 amide bonds. The van der Waals surface area contributed by atoms with Crippen molar-refractivity contribution in [2.75, 3.05) is 0 Å². The largest absolute Gasteiger partial charge is 0.435 e. The molecule has 0 heterocycles. The molecule has 4 rings (SSSR count). The number of benzene rings is 3. The monoisotopic (exact) mass is 379 g/mol. The molecule has 140 valence electrons. The van der Waals surface area contributed by atoms with Gasteiger partial charge in [0.15, 0.2) is 5.78 Å². The second-order valence-electron chi connectivity index (χ2n) is 6.34. The Labute approximate surface area is 159 Å².